The second kappa shape index (κ2) is 3.78. The van der Waals surface area contributed by atoms with Gasteiger partial charge in [0.15, 0.2) is 0 Å². The first-order valence-corrected chi connectivity index (χ1v) is 6.38. The Bertz CT molecular complexity index is 380. The van der Waals surface area contributed by atoms with E-state index < -0.39 is 0 Å². The Morgan fingerprint density at radius 1 is 1.44 bits per heavy atom. The Hall–Kier alpha value is -1.01. The molecular formula is C10H14N4OS. The second-order valence-electron chi connectivity index (χ2n) is 4.61. The predicted molar refractivity (Wildman–Crippen MR) is 60.1 cm³/mol. The molecule has 2 N–H and O–H groups in total. The van der Waals surface area contributed by atoms with Crippen LogP contribution in [0, 0.1) is 0 Å². The number of carbonyl (C=O) groups excluding carboxylic acids is 1. The van der Waals surface area contributed by atoms with Crippen LogP contribution >= 0.6 is 11.5 Å². The highest BCUT2D eigenvalue weighted by Gasteiger charge is 2.42. The summed E-state index contributed by atoms with van der Waals surface area (Å²) in [4.78, 5) is 14.9. The maximum atomic E-state index is 12.2. The summed E-state index contributed by atoms with van der Waals surface area (Å²) in [7, 11) is 0. The normalized spacial score (nSPS) is 33.1. The van der Waals surface area contributed by atoms with E-state index in [2.05, 4.69) is 9.59 Å². The van der Waals surface area contributed by atoms with Crippen LogP contribution in [-0.2, 0) is 0 Å². The van der Waals surface area contributed by atoms with Crippen molar-refractivity contribution in [1.29, 1.82) is 0 Å². The summed E-state index contributed by atoms with van der Waals surface area (Å²) >= 11 is 1.17. The molecule has 2 saturated heterocycles. The van der Waals surface area contributed by atoms with Gasteiger partial charge in [0, 0.05) is 18.1 Å². The minimum atomic E-state index is 0.0920. The van der Waals surface area contributed by atoms with Gasteiger partial charge in [-0.3, -0.25) is 4.79 Å². The number of fused-ring (bicyclic) bond motifs is 2. The van der Waals surface area contributed by atoms with E-state index in [0.717, 1.165) is 25.7 Å². The molecule has 6 heteroatoms. The van der Waals surface area contributed by atoms with Gasteiger partial charge in [0.05, 0.1) is 6.20 Å². The number of nitrogens with zero attached hydrogens (tertiary/aromatic N) is 3. The Balaban J connectivity index is 1.84. The molecule has 0 radical (unpaired) electrons. The fourth-order valence-corrected chi connectivity index (χ4v) is 3.40. The largest absolute Gasteiger partial charge is 0.332 e. The zero-order chi connectivity index (χ0) is 11.1. The Kier molecular flexibility index (Phi) is 2.40. The SMILES string of the molecule is NC1CC2CCC(C1)N2C(=O)c1cnns1. The van der Waals surface area contributed by atoms with Gasteiger partial charge in [0.2, 0.25) is 0 Å². The zero-order valence-electron chi connectivity index (χ0n) is 8.87. The van der Waals surface area contributed by atoms with E-state index >= 15 is 0 Å². The molecule has 1 aromatic heterocycles. The van der Waals surface area contributed by atoms with Crippen molar-refractivity contribution in [1.82, 2.24) is 14.5 Å². The van der Waals surface area contributed by atoms with Crippen molar-refractivity contribution in [2.45, 2.75) is 43.8 Å². The monoisotopic (exact) mass is 238 g/mol. The van der Waals surface area contributed by atoms with Gasteiger partial charge in [0.1, 0.15) is 4.88 Å². The number of hydrogen-bond acceptors (Lipinski definition) is 5. The highest BCUT2D eigenvalue weighted by atomic mass is 32.1. The molecule has 1 aromatic rings. The van der Waals surface area contributed by atoms with Gasteiger partial charge in [-0.15, -0.1) is 5.10 Å². The number of aromatic nitrogens is 2. The van der Waals surface area contributed by atoms with E-state index in [-0.39, 0.29) is 11.9 Å². The molecule has 2 unspecified atom stereocenters. The van der Waals surface area contributed by atoms with Crippen molar-refractivity contribution in [2.24, 2.45) is 5.73 Å². The van der Waals surface area contributed by atoms with E-state index in [9.17, 15) is 4.79 Å². The van der Waals surface area contributed by atoms with Gasteiger partial charge < -0.3 is 10.6 Å². The van der Waals surface area contributed by atoms with Gasteiger partial charge >= 0.3 is 0 Å². The van der Waals surface area contributed by atoms with Gasteiger partial charge in [-0.2, -0.15) is 0 Å². The zero-order valence-corrected chi connectivity index (χ0v) is 9.69. The molecule has 2 aliphatic heterocycles. The van der Waals surface area contributed by atoms with Crippen LogP contribution in [0.4, 0.5) is 0 Å². The third kappa shape index (κ3) is 1.53. The minimum absolute atomic E-state index is 0.0920. The molecular weight excluding hydrogens is 224 g/mol. The molecule has 0 spiro atoms. The lowest BCUT2D eigenvalue weighted by Crippen LogP contribution is -2.49. The standard InChI is InChI=1S/C10H14N4OS/c11-6-3-7-1-2-8(4-6)14(7)10(15)9-5-12-13-16-9/h5-8H,1-4,11H2. The molecule has 16 heavy (non-hydrogen) atoms. The molecule has 2 atom stereocenters. The third-order valence-corrected chi connectivity index (χ3v) is 4.23. The van der Waals surface area contributed by atoms with Crippen molar-refractivity contribution >= 4 is 17.4 Å². The van der Waals surface area contributed by atoms with E-state index in [1.807, 2.05) is 4.90 Å². The number of rotatable bonds is 1. The molecule has 3 rings (SSSR count). The lowest BCUT2D eigenvalue weighted by atomic mass is 9.98. The Morgan fingerprint density at radius 3 is 2.69 bits per heavy atom. The molecule has 1 amide bonds. The average molecular weight is 238 g/mol. The average Bonchev–Trinajstić information content (AvgIpc) is 2.85. The molecule has 5 nitrogen and oxygen atoms in total. The Labute approximate surface area is 97.8 Å². The lowest BCUT2D eigenvalue weighted by molar-refractivity contribution is 0.0580. The summed E-state index contributed by atoms with van der Waals surface area (Å²) in [6.45, 7) is 0. The molecule has 86 valence electrons. The number of amides is 1. The molecule has 2 aliphatic rings. The van der Waals surface area contributed by atoms with E-state index in [1.54, 1.807) is 6.20 Å². The van der Waals surface area contributed by atoms with Crippen LogP contribution in [0.15, 0.2) is 6.20 Å². The molecule has 2 bridgehead atoms. The molecule has 3 heterocycles. The number of piperidine rings is 1. The van der Waals surface area contributed by atoms with Crippen LogP contribution in [0.5, 0.6) is 0 Å². The maximum absolute atomic E-state index is 12.2. The Morgan fingerprint density at radius 2 is 2.12 bits per heavy atom. The van der Waals surface area contributed by atoms with Gasteiger partial charge in [0.25, 0.3) is 5.91 Å². The predicted octanol–water partition coefficient (Wildman–Crippen LogP) is 0.632. The topological polar surface area (TPSA) is 72.1 Å². The first-order chi connectivity index (χ1) is 7.75. The van der Waals surface area contributed by atoms with E-state index in [0.29, 0.717) is 17.0 Å². The van der Waals surface area contributed by atoms with Gasteiger partial charge in [-0.25, -0.2) is 0 Å². The maximum Gasteiger partial charge on any atom is 0.267 e. The summed E-state index contributed by atoms with van der Waals surface area (Å²) < 4.78 is 3.74. The minimum Gasteiger partial charge on any atom is -0.332 e. The van der Waals surface area contributed by atoms with Crippen molar-refractivity contribution in [3.8, 4) is 0 Å². The van der Waals surface area contributed by atoms with Crippen LogP contribution in [0.2, 0.25) is 0 Å². The van der Waals surface area contributed by atoms with Crippen molar-refractivity contribution < 1.29 is 4.79 Å². The lowest BCUT2D eigenvalue weighted by Gasteiger charge is -2.37. The highest BCUT2D eigenvalue weighted by Crippen LogP contribution is 2.36. The third-order valence-electron chi connectivity index (χ3n) is 3.58. The molecule has 2 fully saturated rings. The summed E-state index contributed by atoms with van der Waals surface area (Å²) in [6, 6.07) is 0.938. The van der Waals surface area contributed by atoms with Crippen molar-refractivity contribution in [2.75, 3.05) is 0 Å². The molecule has 0 saturated carbocycles. The van der Waals surface area contributed by atoms with Crippen LogP contribution < -0.4 is 5.73 Å². The fourth-order valence-electron chi connectivity index (χ4n) is 2.94. The van der Waals surface area contributed by atoms with Crippen LogP contribution in [-0.4, -0.2) is 38.5 Å². The van der Waals surface area contributed by atoms with E-state index in [1.165, 1.54) is 11.5 Å². The highest BCUT2D eigenvalue weighted by molar-refractivity contribution is 7.07. The van der Waals surface area contributed by atoms with Crippen molar-refractivity contribution in [3.63, 3.8) is 0 Å². The first kappa shape index (κ1) is 10.2. The summed E-state index contributed by atoms with van der Waals surface area (Å²) in [5, 5.41) is 3.72. The summed E-state index contributed by atoms with van der Waals surface area (Å²) in [5.41, 5.74) is 5.98. The van der Waals surface area contributed by atoms with Crippen LogP contribution in [0.25, 0.3) is 0 Å². The first-order valence-electron chi connectivity index (χ1n) is 5.61. The quantitative estimate of drug-likeness (QED) is 0.779. The van der Waals surface area contributed by atoms with Gasteiger partial charge in [-0.1, -0.05) is 4.49 Å². The fraction of sp³-hybridized carbons (Fsp3) is 0.700. The van der Waals surface area contributed by atoms with Crippen molar-refractivity contribution in [3.05, 3.63) is 11.1 Å². The molecule has 0 aromatic carbocycles. The van der Waals surface area contributed by atoms with Crippen LogP contribution in [0.1, 0.15) is 35.4 Å². The van der Waals surface area contributed by atoms with E-state index in [4.69, 9.17) is 5.73 Å². The smallest absolute Gasteiger partial charge is 0.267 e. The molecule has 0 aliphatic carbocycles. The summed E-state index contributed by atoms with van der Waals surface area (Å²) in [5.74, 6) is 0.0920. The second-order valence-corrected chi connectivity index (χ2v) is 5.40. The van der Waals surface area contributed by atoms with Crippen LogP contribution in [0.3, 0.4) is 0 Å². The van der Waals surface area contributed by atoms with Gasteiger partial charge in [-0.05, 0) is 37.2 Å². The number of hydrogen-bond donors (Lipinski definition) is 1. The summed E-state index contributed by atoms with van der Waals surface area (Å²) in [6.07, 6.45) is 5.62. The number of nitrogens with two attached hydrogens (primary N) is 1. The number of carbonyl (C=O) groups is 1.